The highest BCUT2D eigenvalue weighted by atomic mass is 19.4. The maximum Gasteiger partial charge on any atom is 0.433 e. The van der Waals surface area contributed by atoms with Crippen LogP contribution < -0.4 is 5.32 Å². The van der Waals surface area contributed by atoms with Gasteiger partial charge in [-0.1, -0.05) is 0 Å². The quantitative estimate of drug-likeness (QED) is 0.723. The van der Waals surface area contributed by atoms with E-state index in [-0.39, 0.29) is 11.5 Å². The van der Waals surface area contributed by atoms with Crippen LogP contribution in [0.3, 0.4) is 0 Å². The van der Waals surface area contributed by atoms with Crippen molar-refractivity contribution in [2.24, 2.45) is 0 Å². The van der Waals surface area contributed by atoms with Gasteiger partial charge in [-0.25, -0.2) is 4.98 Å². The third kappa shape index (κ3) is 3.94. The van der Waals surface area contributed by atoms with E-state index in [0.717, 1.165) is 18.3 Å². The fourth-order valence-electron chi connectivity index (χ4n) is 2.57. The number of halogens is 3. The van der Waals surface area contributed by atoms with Gasteiger partial charge in [0.15, 0.2) is 0 Å². The maximum atomic E-state index is 12.6. The predicted octanol–water partition coefficient (Wildman–Crippen LogP) is 3.22. The molecule has 0 fully saturated rings. The number of fused-ring (bicyclic) bond motifs is 1. The molecule has 0 aliphatic carbocycles. The van der Waals surface area contributed by atoms with Crippen LogP contribution in [0.4, 0.5) is 19.1 Å². The number of hydrogen-bond donors (Lipinski definition) is 1. The third-order valence-corrected chi connectivity index (χ3v) is 3.94. The standard InChI is InChI=1S/C18H14F3N5O2/c1-28-7-6-26-14-8-11(9-22)2-4-13(14)24-17(26)25-16(27)12-3-5-15(23-10-12)18(19,20)21/h2-5,8,10H,6-7H2,1H3,(H,24,25,27). The third-order valence-electron chi connectivity index (χ3n) is 3.94. The summed E-state index contributed by atoms with van der Waals surface area (Å²) in [6, 6.07) is 8.69. The number of rotatable bonds is 5. The van der Waals surface area contributed by atoms with Crippen LogP contribution in [0.15, 0.2) is 36.5 Å². The Labute approximate surface area is 157 Å². The first kappa shape index (κ1) is 19.3. The molecule has 0 unspecified atom stereocenters. The molecule has 3 aromatic rings. The summed E-state index contributed by atoms with van der Waals surface area (Å²) in [5, 5.41) is 11.7. The number of carbonyl (C=O) groups excluding carboxylic acids is 1. The smallest absolute Gasteiger partial charge is 0.383 e. The molecule has 3 rings (SSSR count). The fraction of sp³-hybridized carbons (Fsp3) is 0.222. The van der Waals surface area contributed by atoms with E-state index < -0.39 is 17.8 Å². The van der Waals surface area contributed by atoms with Crippen molar-refractivity contribution in [3.8, 4) is 6.07 Å². The second-order valence-corrected chi connectivity index (χ2v) is 5.78. The number of benzene rings is 1. The molecule has 0 radical (unpaired) electrons. The number of methoxy groups -OCH3 is 1. The minimum Gasteiger partial charge on any atom is -0.383 e. The van der Waals surface area contributed by atoms with Gasteiger partial charge < -0.3 is 9.30 Å². The summed E-state index contributed by atoms with van der Waals surface area (Å²) >= 11 is 0. The molecular formula is C18H14F3N5O2. The molecule has 0 bridgehead atoms. The van der Waals surface area contributed by atoms with Crippen LogP contribution in [0.2, 0.25) is 0 Å². The van der Waals surface area contributed by atoms with Crippen LogP contribution in [-0.4, -0.2) is 34.2 Å². The summed E-state index contributed by atoms with van der Waals surface area (Å²) in [6.07, 6.45) is -3.73. The highest BCUT2D eigenvalue weighted by Crippen LogP contribution is 2.27. The summed E-state index contributed by atoms with van der Waals surface area (Å²) in [4.78, 5) is 20.0. The van der Waals surface area contributed by atoms with Crippen molar-refractivity contribution in [3.05, 3.63) is 53.3 Å². The SMILES string of the molecule is COCCn1c(NC(=O)c2ccc(C(F)(F)F)nc2)nc2ccc(C#N)cc21. The van der Waals surface area contributed by atoms with Crippen LogP contribution >= 0.6 is 0 Å². The summed E-state index contributed by atoms with van der Waals surface area (Å²) in [7, 11) is 1.52. The zero-order valence-corrected chi connectivity index (χ0v) is 14.6. The van der Waals surface area contributed by atoms with E-state index in [9.17, 15) is 18.0 Å². The van der Waals surface area contributed by atoms with Crippen molar-refractivity contribution in [3.63, 3.8) is 0 Å². The van der Waals surface area contributed by atoms with Crippen LogP contribution in [0, 0.1) is 11.3 Å². The molecule has 0 spiro atoms. The number of imidazole rings is 1. The number of nitrogens with one attached hydrogen (secondary N) is 1. The molecule has 0 saturated carbocycles. The molecule has 1 amide bonds. The Morgan fingerprint density at radius 2 is 2.11 bits per heavy atom. The summed E-state index contributed by atoms with van der Waals surface area (Å²) < 4.78 is 44.6. The lowest BCUT2D eigenvalue weighted by Crippen LogP contribution is -2.18. The van der Waals surface area contributed by atoms with E-state index in [0.29, 0.717) is 29.7 Å². The van der Waals surface area contributed by atoms with Gasteiger partial charge in [0.25, 0.3) is 5.91 Å². The van der Waals surface area contributed by atoms with Crippen LogP contribution in [0.1, 0.15) is 21.6 Å². The lowest BCUT2D eigenvalue weighted by atomic mass is 10.2. The molecular weight excluding hydrogens is 375 g/mol. The van der Waals surface area contributed by atoms with E-state index in [2.05, 4.69) is 15.3 Å². The number of ether oxygens (including phenoxy) is 1. The molecule has 1 N–H and O–H groups in total. The largest absolute Gasteiger partial charge is 0.433 e. The Bertz CT molecular complexity index is 1050. The van der Waals surface area contributed by atoms with Gasteiger partial charge in [0.2, 0.25) is 5.95 Å². The van der Waals surface area contributed by atoms with E-state index in [1.54, 1.807) is 22.8 Å². The van der Waals surface area contributed by atoms with E-state index in [4.69, 9.17) is 10.00 Å². The topological polar surface area (TPSA) is 92.8 Å². The van der Waals surface area contributed by atoms with Crippen molar-refractivity contribution in [2.75, 3.05) is 19.0 Å². The molecule has 0 aliphatic rings. The van der Waals surface area contributed by atoms with Crippen molar-refractivity contribution >= 4 is 22.9 Å². The Kier molecular flexibility index (Phi) is 5.28. The fourth-order valence-corrected chi connectivity index (χ4v) is 2.57. The number of amides is 1. The zero-order valence-electron chi connectivity index (χ0n) is 14.6. The predicted molar refractivity (Wildman–Crippen MR) is 93.5 cm³/mol. The number of hydrogen-bond acceptors (Lipinski definition) is 5. The Morgan fingerprint density at radius 1 is 1.32 bits per heavy atom. The van der Waals surface area contributed by atoms with Crippen molar-refractivity contribution in [2.45, 2.75) is 12.7 Å². The number of anilines is 1. The van der Waals surface area contributed by atoms with Gasteiger partial charge >= 0.3 is 6.18 Å². The number of aromatic nitrogens is 3. The first-order chi connectivity index (χ1) is 13.3. The molecule has 1 aromatic carbocycles. The van der Waals surface area contributed by atoms with Gasteiger partial charge in [-0.2, -0.15) is 18.4 Å². The Balaban J connectivity index is 1.92. The van der Waals surface area contributed by atoms with Gasteiger partial charge in [0.1, 0.15) is 5.69 Å². The summed E-state index contributed by atoms with van der Waals surface area (Å²) in [5.41, 5.74) is 0.472. The van der Waals surface area contributed by atoms with Crippen molar-refractivity contribution < 1.29 is 22.7 Å². The molecule has 10 heteroatoms. The monoisotopic (exact) mass is 389 g/mol. The highest BCUT2D eigenvalue weighted by Gasteiger charge is 2.32. The highest BCUT2D eigenvalue weighted by molar-refractivity contribution is 6.04. The van der Waals surface area contributed by atoms with Gasteiger partial charge in [-0.05, 0) is 30.3 Å². The molecule has 144 valence electrons. The molecule has 7 nitrogen and oxygen atoms in total. The molecule has 0 atom stereocenters. The number of nitrogens with zero attached hydrogens (tertiary/aromatic N) is 4. The lowest BCUT2D eigenvalue weighted by Gasteiger charge is -2.10. The zero-order chi connectivity index (χ0) is 20.3. The second-order valence-electron chi connectivity index (χ2n) is 5.78. The normalized spacial score (nSPS) is 11.4. The van der Waals surface area contributed by atoms with Crippen molar-refractivity contribution in [1.82, 2.24) is 14.5 Å². The van der Waals surface area contributed by atoms with E-state index >= 15 is 0 Å². The van der Waals surface area contributed by atoms with Gasteiger partial charge in [-0.15, -0.1) is 0 Å². The molecule has 2 heterocycles. The summed E-state index contributed by atoms with van der Waals surface area (Å²) in [6.45, 7) is 0.676. The summed E-state index contributed by atoms with van der Waals surface area (Å²) in [5.74, 6) is -0.470. The molecule has 28 heavy (non-hydrogen) atoms. The number of nitriles is 1. The number of alkyl halides is 3. The van der Waals surface area contributed by atoms with E-state index in [1.165, 1.54) is 7.11 Å². The van der Waals surface area contributed by atoms with Crippen LogP contribution in [0.25, 0.3) is 11.0 Å². The minimum atomic E-state index is -4.58. The molecule has 0 aliphatic heterocycles. The van der Waals surface area contributed by atoms with E-state index in [1.807, 2.05) is 6.07 Å². The second kappa shape index (κ2) is 7.66. The first-order valence-corrected chi connectivity index (χ1v) is 8.07. The average molecular weight is 389 g/mol. The maximum absolute atomic E-state index is 12.6. The number of carbonyl (C=O) groups is 1. The van der Waals surface area contributed by atoms with Gasteiger partial charge in [-0.3, -0.25) is 15.1 Å². The molecule has 2 aromatic heterocycles. The van der Waals surface area contributed by atoms with Crippen molar-refractivity contribution in [1.29, 1.82) is 5.26 Å². The molecule has 0 saturated heterocycles. The van der Waals surface area contributed by atoms with Gasteiger partial charge in [0.05, 0.1) is 34.8 Å². The Hall–Kier alpha value is -3.45. The van der Waals surface area contributed by atoms with Crippen LogP contribution in [-0.2, 0) is 17.5 Å². The minimum absolute atomic E-state index is 0.0453. The lowest BCUT2D eigenvalue weighted by molar-refractivity contribution is -0.141. The van der Waals surface area contributed by atoms with Crippen LogP contribution in [0.5, 0.6) is 0 Å². The Morgan fingerprint density at radius 3 is 2.71 bits per heavy atom. The average Bonchev–Trinajstić information content (AvgIpc) is 3.01. The van der Waals surface area contributed by atoms with Gasteiger partial charge in [0, 0.05) is 19.9 Å². The number of pyridine rings is 1. The first-order valence-electron chi connectivity index (χ1n) is 8.07.